The summed E-state index contributed by atoms with van der Waals surface area (Å²) < 4.78 is 0. The highest BCUT2D eigenvalue weighted by atomic mass is 16.4. The van der Waals surface area contributed by atoms with E-state index in [4.69, 9.17) is 10.8 Å². The number of carbonyl (C=O) groups is 5. The van der Waals surface area contributed by atoms with Crippen molar-refractivity contribution in [3.05, 3.63) is 54.2 Å². The molecule has 0 bridgehead atoms. The molecular weight excluding hydrogens is 534 g/mol. The second-order valence-corrected chi connectivity index (χ2v) is 10.2. The van der Waals surface area contributed by atoms with Crippen LogP contribution in [0.5, 0.6) is 0 Å². The number of amides is 3. The number of aromatic amines is 2. The van der Waals surface area contributed by atoms with Crippen LogP contribution in [0.2, 0.25) is 0 Å². The Morgan fingerprint density at radius 1 is 0.902 bits per heavy atom. The van der Waals surface area contributed by atoms with E-state index in [1.165, 1.54) is 12.5 Å². The second kappa shape index (κ2) is 14.1. The molecule has 41 heavy (non-hydrogen) atoms. The molecule has 1 aromatic carbocycles. The van der Waals surface area contributed by atoms with E-state index < -0.39 is 60.2 Å². The van der Waals surface area contributed by atoms with Gasteiger partial charge in [0.15, 0.2) is 0 Å². The number of aromatic nitrogens is 3. The molecule has 14 heteroatoms. The average Bonchev–Trinajstić information content (AvgIpc) is 3.56. The van der Waals surface area contributed by atoms with Crippen molar-refractivity contribution < 1.29 is 34.2 Å². The molecule has 2 heterocycles. The Morgan fingerprint density at radius 3 is 2.15 bits per heavy atom. The number of carbonyl (C=O) groups excluding carboxylic acids is 3. The van der Waals surface area contributed by atoms with Crippen LogP contribution < -0.4 is 21.7 Å². The lowest BCUT2D eigenvalue weighted by molar-refractivity contribution is -0.147. The zero-order chi connectivity index (χ0) is 30.1. The summed E-state index contributed by atoms with van der Waals surface area (Å²) in [7, 11) is 0. The number of hydrogen-bond donors (Lipinski definition) is 8. The van der Waals surface area contributed by atoms with Crippen LogP contribution in [0.25, 0.3) is 10.9 Å². The van der Waals surface area contributed by atoms with Gasteiger partial charge < -0.3 is 41.9 Å². The number of nitrogens with two attached hydrogens (primary N) is 1. The predicted octanol–water partition coefficient (Wildman–Crippen LogP) is 0.0633. The van der Waals surface area contributed by atoms with Gasteiger partial charge in [0, 0.05) is 41.8 Å². The molecule has 0 spiro atoms. The van der Waals surface area contributed by atoms with Crippen molar-refractivity contribution in [2.45, 2.75) is 63.7 Å². The first-order valence-corrected chi connectivity index (χ1v) is 13.1. The summed E-state index contributed by atoms with van der Waals surface area (Å²) in [6.45, 7) is 3.81. The molecule has 0 aliphatic carbocycles. The zero-order valence-electron chi connectivity index (χ0n) is 22.7. The largest absolute Gasteiger partial charge is 0.481 e. The number of hydrogen-bond acceptors (Lipinski definition) is 7. The molecule has 0 aliphatic rings. The van der Waals surface area contributed by atoms with Gasteiger partial charge in [-0.15, -0.1) is 0 Å². The fourth-order valence-electron chi connectivity index (χ4n) is 4.37. The Balaban J connectivity index is 1.88. The molecule has 9 N–H and O–H groups in total. The maximum atomic E-state index is 13.6. The third kappa shape index (κ3) is 8.89. The average molecular weight is 570 g/mol. The minimum absolute atomic E-state index is 0.00413. The lowest BCUT2D eigenvalue weighted by atomic mass is 10.0. The zero-order valence-corrected chi connectivity index (χ0v) is 22.7. The van der Waals surface area contributed by atoms with Gasteiger partial charge >= 0.3 is 11.9 Å². The number of carboxylic acid groups (broad SMARTS) is 2. The van der Waals surface area contributed by atoms with Crippen LogP contribution in [0.3, 0.4) is 0 Å². The predicted molar refractivity (Wildman–Crippen MR) is 147 cm³/mol. The molecular formula is C27H35N7O7. The fraction of sp³-hybridized carbons (Fsp3) is 0.407. The van der Waals surface area contributed by atoms with Crippen molar-refractivity contribution >= 4 is 40.6 Å². The molecule has 14 nitrogen and oxygen atoms in total. The van der Waals surface area contributed by atoms with E-state index in [9.17, 15) is 29.1 Å². The highest BCUT2D eigenvalue weighted by Gasteiger charge is 2.32. The third-order valence-electron chi connectivity index (χ3n) is 6.40. The van der Waals surface area contributed by atoms with Crippen LogP contribution in [0.1, 0.15) is 37.9 Å². The van der Waals surface area contributed by atoms with E-state index in [1.54, 1.807) is 12.3 Å². The number of imidazole rings is 1. The lowest BCUT2D eigenvalue weighted by Gasteiger charge is -2.25. The summed E-state index contributed by atoms with van der Waals surface area (Å²) in [6.07, 6.45) is 4.04. The maximum Gasteiger partial charge on any atom is 0.326 e. The van der Waals surface area contributed by atoms with Crippen LogP contribution in [-0.2, 0) is 36.8 Å². The maximum absolute atomic E-state index is 13.6. The van der Waals surface area contributed by atoms with E-state index in [0.717, 1.165) is 10.9 Å². The highest BCUT2D eigenvalue weighted by molar-refractivity contribution is 5.95. The van der Waals surface area contributed by atoms with E-state index in [2.05, 4.69) is 30.9 Å². The number of rotatable bonds is 15. The summed E-state index contributed by atoms with van der Waals surface area (Å²) in [4.78, 5) is 72.3. The van der Waals surface area contributed by atoms with Gasteiger partial charge in [0.05, 0.1) is 18.8 Å². The van der Waals surface area contributed by atoms with Crippen molar-refractivity contribution in [2.75, 3.05) is 0 Å². The Bertz CT molecular complexity index is 1370. The summed E-state index contributed by atoms with van der Waals surface area (Å²) in [5, 5.41) is 26.8. The molecule has 2 aromatic heterocycles. The monoisotopic (exact) mass is 569 g/mol. The number of nitrogens with zero attached hydrogens (tertiary/aromatic N) is 1. The SMILES string of the molecule is CC(C)CC(N)C(=O)NC(Cc1cnc[nH]1)C(=O)NC(Cc1c[nH]c2ccccc12)C(=O)NC(CC(=O)O)C(=O)O. The number of fused-ring (bicyclic) bond motifs is 1. The molecule has 0 radical (unpaired) electrons. The minimum atomic E-state index is -1.73. The number of aliphatic carboxylic acids is 2. The van der Waals surface area contributed by atoms with E-state index in [0.29, 0.717) is 17.7 Å². The quantitative estimate of drug-likeness (QED) is 0.123. The molecule has 220 valence electrons. The van der Waals surface area contributed by atoms with Crippen molar-refractivity contribution in [3.8, 4) is 0 Å². The molecule has 0 saturated carbocycles. The first-order chi connectivity index (χ1) is 19.4. The van der Waals surface area contributed by atoms with Crippen molar-refractivity contribution in [3.63, 3.8) is 0 Å². The first kappa shape index (κ1) is 30.8. The number of H-pyrrole nitrogens is 2. The third-order valence-corrected chi connectivity index (χ3v) is 6.40. The highest BCUT2D eigenvalue weighted by Crippen LogP contribution is 2.19. The van der Waals surface area contributed by atoms with Crippen LogP contribution in [0.4, 0.5) is 0 Å². The van der Waals surface area contributed by atoms with Crippen molar-refractivity contribution in [1.29, 1.82) is 0 Å². The van der Waals surface area contributed by atoms with Crippen LogP contribution in [0.15, 0.2) is 43.0 Å². The minimum Gasteiger partial charge on any atom is -0.481 e. The molecule has 3 rings (SSSR count). The van der Waals surface area contributed by atoms with Gasteiger partial charge in [0.25, 0.3) is 0 Å². The molecule has 0 aliphatic heterocycles. The van der Waals surface area contributed by atoms with Gasteiger partial charge in [0.2, 0.25) is 17.7 Å². The summed E-state index contributed by atoms with van der Waals surface area (Å²) in [6, 6.07) is 2.20. The smallest absolute Gasteiger partial charge is 0.326 e. The number of benzene rings is 1. The van der Waals surface area contributed by atoms with Crippen molar-refractivity contribution in [2.24, 2.45) is 11.7 Å². The molecule has 4 unspecified atom stereocenters. The van der Waals surface area contributed by atoms with Gasteiger partial charge in [-0.25, -0.2) is 9.78 Å². The Labute approximate surface area is 235 Å². The van der Waals surface area contributed by atoms with E-state index in [-0.39, 0.29) is 18.8 Å². The lowest BCUT2D eigenvalue weighted by Crippen LogP contribution is -2.58. The van der Waals surface area contributed by atoms with Gasteiger partial charge in [-0.1, -0.05) is 32.0 Å². The Hall–Kier alpha value is -4.72. The number of nitrogens with one attached hydrogen (secondary N) is 5. The molecule has 3 amide bonds. The van der Waals surface area contributed by atoms with Crippen molar-refractivity contribution in [1.82, 2.24) is 30.9 Å². The van der Waals surface area contributed by atoms with Gasteiger partial charge in [-0.05, 0) is 24.0 Å². The van der Waals surface area contributed by atoms with E-state index >= 15 is 0 Å². The van der Waals surface area contributed by atoms with E-state index in [1.807, 2.05) is 32.0 Å². The molecule has 0 fully saturated rings. The van der Waals surface area contributed by atoms with Gasteiger partial charge in [0.1, 0.15) is 18.1 Å². The van der Waals surface area contributed by atoms with Crippen LogP contribution in [-0.4, -0.2) is 79.0 Å². The topological polar surface area (TPSA) is 232 Å². The number of carboxylic acids is 2. The molecule has 0 saturated heterocycles. The standard InChI is InChI=1S/C27H35N7O7/c1-14(2)7-18(28)24(37)32-21(9-16-12-29-13-31-16)26(39)33-20(25(38)34-22(27(40)41)10-23(35)36)8-15-11-30-19-6-4-3-5-17(15)19/h3-6,11-14,18,20-22,30H,7-10,28H2,1-2H3,(H,29,31)(H,32,37)(H,33,39)(H,34,38)(H,35,36)(H,40,41). The van der Waals surface area contributed by atoms with Crippen LogP contribution in [0, 0.1) is 5.92 Å². The normalized spacial score (nSPS) is 14.1. The Morgan fingerprint density at radius 2 is 1.54 bits per heavy atom. The summed E-state index contributed by atoms with van der Waals surface area (Å²) >= 11 is 0. The fourth-order valence-corrected chi connectivity index (χ4v) is 4.37. The summed E-state index contributed by atoms with van der Waals surface area (Å²) in [5.74, 6) is -5.01. The second-order valence-electron chi connectivity index (χ2n) is 10.2. The molecule has 3 aromatic rings. The Kier molecular flexibility index (Phi) is 10.6. The summed E-state index contributed by atoms with van der Waals surface area (Å²) in [5.41, 5.74) is 7.99. The molecule has 4 atom stereocenters. The van der Waals surface area contributed by atoms with Gasteiger partial charge in [-0.2, -0.15) is 0 Å². The number of para-hydroxylation sites is 1. The first-order valence-electron chi connectivity index (χ1n) is 13.1. The van der Waals surface area contributed by atoms with Crippen LogP contribution >= 0.6 is 0 Å². The van der Waals surface area contributed by atoms with Gasteiger partial charge in [-0.3, -0.25) is 19.2 Å².